The van der Waals surface area contributed by atoms with Gasteiger partial charge in [-0.25, -0.2) is 9.37 Å². The van der Waals surface area contributed by atoms with Gasteiger partial charge in [0.2, 0.25) is 5.91 Å². The molecular weight excluding hydrogens is 381 g/mol. The van der Waals surface area contributed by atoms with Crippen LogP contribution in [0.15, 0.2) is 53.3 Å². The number of hydrogen-bond acceptors (Lipinski definition) is 3. The molecule has 2 aromatic carbocycles. The van der Waals surface area contributed by atoms with E-state index in [2.05, 4.69) is 6.92 Å². The van der Waals surface area contributed by atoms with Crippen LogP contribution in [0, 0.1) is 5.82 Å². The fourth-order valence-corrected chi connectivity index (χ4v) is 3.75. The molecule has 1 atom stereocenters. The molecule has 0 fully saturated rings. The number of aromatic nitrogens is 2. The average molecular weight is 410 g/mol. The smallest absolute Gasteiger partial charge is 0.266 e. The highest BCUT2D eigenvalue weighted by atomic mass is 19.1. The van der Waals surface area contributed by atoms with E-state index >= 15 is 0 Å². The zero-order valence-electron chi connectivity index (χ0n) is 17.8. The predicted molar refractivity (Wildman–Crippen MR) is 117 cm³/mol. The number of nitrogens with zero attached hydrogens (tertiary/aromatic N) is 3. The van der Waals surface area contributed by atoms with Crippen LogP contribution in [-0.4, -0.2) is 26.9 Å². The number of hydrogen-bond donors (Lipinski definition) is 0. The van der Waals surface area contributed by atoms with E-state index in [1.807, 2.05) is 19.9 Å². The van der Waals surface area contributed by atoms with Crippen LogP contribution < -0.4 is 5.56 Å². The molecule has 0 aliphatic rings. The van der Waals surface area contributed by atoms with Gasteiger partial charge >= 0.3 is 0 Å². The van der Waals surface area contributed by atoms with Crippen LogP contribution in [0.25, 0.3) is 16.6 Å². The third kappa shape index (κ3) is 4.42. The Kier molecular flexibility index (Phi) is 6.98. The quantitative estimate of drug-likeness (QED) is 0.491. The molecule has 0 aliphatic carbocycles. The summed E-state index contributed by atoms with van der Waals surface area (Å²) in [5, 5.41) is 0.482. The lowest BCUT2D eigenvalue weighted by atomic mass is 10.1. The van der Waals surface area contributed by atoms with Gasteiger partial charge in [-0.2, -0.15) is 0 Å². The van der Waals surface area contributed by atoms with Gasteiger partial charge in [-0.15, -0.1) is 0 Å². The van der Waals surface area contributed by atoms with Crippen molar-refractivity contribution in [2.45, 2.75) is 52.5 Å². The van der Waals surface area contributed by atoms with Crippen molar-refractivity contribution in [1.82, 2.24) is 14.5 Å². The summed E-state index contributed by atoms with van der Waals surface area (Å²) in [5.74, 6) is 0.138. The lowest BCUT2D eigenvalue weighted by Gasteiger charge is -2.29. The van der Waals surface area contributed by atoms with Crippen molar-refractivity contribution in [2.75, 3.05) is 6.54 Å². The predicted octanol–water partition coefficient (Wildman–Crippen LogP) is 5.01. The molecule has 1 heterocycles. The summed E-state index contributed by atoms with van der Waals surface area (Å²) in [6.07, 6.45) is 3.37. The topological polar surface area (TPSA) is 55.2 Å². The second kappa shape index (κ2) is 9.65. The molecule has 158 valence electrons. The number of carbonyl (C=O) groups excluding carboxylic acids is 1. The largest absolute Gasteiger partial charge is 0.333 e. The van der Waals surface area contributed by atoms with Crippen molar-refractivity contribution < 1.29 is 9.18 Å². The van der Waals surface area contributed by atoms with Gasteiger partial charge in [0.1, 0.15) is 11.6 Å². The number of para-hydroxylation sites is 1. The molecule has 0 aliphatic heterocycles. The van der Waals surface area contributed by atoms with Gasteiger partial charge in [-0.1, -0.05) is 31.9 Å². The van der Waals surface area contributed by atoms with E-state index in [4.69, 9.17) is 4.98 Å². The number of rotatable bonds is 8. The molecule has 3 aromatic rings. The first-order chi connectivity index (χ1) is 14.5. The first-order valence-electron chi connectivity index (χ1n) is 10.5. The van der Waals surface area contributed by atoms with Gasteiger partial charge in [0.15, 0.2) is 0 Å². The number of halogens is 1. The number of amides is 1. The minimum Gasteiger partial charge on any atom is -0.333 e. The zero-order valence-corrected chi connectivity index (χ0v) is 17.8. The van der Waals surface area contributed by atoms with Crippen LogP contribution in [-0.2, 0) is 4.79 Å². The molecule has 0 spiro atoms. The van der Waals surface area contributed by atoms with Crippen molar-refractivity contribution in [3.05, 3.63) is 70.5 Å². The van der Waals surface area contributed by atoms with Crippen LogP contribution in [0.2, 0.25) is 0 Å². The zero-order chi connectivity index (χ0) is 21.7. The van der Waals surface area contributed by atoms with Crippen LogP contribution >= 0.6 is 0 Å². The van der Waals surface area contributed by atoms with Crippen LogP contribution in [0.1, 0.15) is 58.3 Å². The van der Waals surface area contributed by atoms with Crippen molar-refractivity contribution >= 4 is 16.8 Å². The standard InChI is InChI=1S/C24H28FN3O2/c1-4-6-7-12-22(29)27(5-2)17(3)23-26-21-11-9-8-10-20(21)24(30)28(23)19-15-13-18(25)14-16-19/h8-11,13-17H,4-7,12H2,1-3H3. The molecule has 3 rings (SSSR count). The van der Waals surface area contributed by atoms with Gasteiger partial charge in [-0.05, 0) is 56.7 Å². The maximum absolute atomic E-state index is 13.5. The van der Waals surface area contributed by atoms with Crippen molar-refractivity contribution in [3.63, 3.8) is 0 Å². The molecule has 6 heteroatoms. The summed E-state index contributed by atoms with van der Waals surface area (Å²) in [6, 6.07) is 12.5. The lowest BCUT2D eigenvalue weighted by molar-refractivity contribution is -0.133. The third-order valence-electron chi connectivity index (χ3n) is 5.38. The van der Waals surface area contributed by atoms with Gasteiger partial charge in [0.05, 0.1) is 22.6 Å². The SMILES string of the molecule is CCCCCC(=O)N(CC)C(C)c1nc2ccccc2c(=O)n1-c1ccc(F)cc1. The molecule has 1 amide bonds. The summed E-state index contributed by atoms with van der Waals surface area (Å²) >= 11 is 0. The van der Waals surface area contributed by atoms with Crippen LogP contribution in [0.4, 0.5) is 4.39 Å². The second-order valence-electron chi connectivity index (χ2n) is 7.42. The number of carbonyl (C=O) groups is 1. The maximum Gasteiger partial charge on any atom is 0.266 e. The fourth-order valence-electron chi connectivity index (χ4n) is 3.75. The highest BCUT2D eigenvalue weighted by Gasteiger charge is 2.25. The van der Waals surface area contributed by atoms with E-state index in [0.29, 0.717) is 35.4 Å². The molecule has 0 saturated carbocycles. The molecule has 0 radical (unpaired) electrons. The molecule has 1 aromatic heterocycles. The fraction of sp³-hybridized carbons (Fsp3) is 0.375. The summed E-state index contributed by atoms with van der Waals surface area (Å²) in [5.41, 5.74) is 0.872. The van der Waals surface area contributed by atoms with Crippen LogP contribution in [0.3, 0.4) is 0 Å². The van der Waals surface area contributed by atoms with Gasteiger partial charge in [0, 0.05) is 13.0 Å². The Bertz CT molecular complexity index is 1080. The van der Waals surface area contributed by atoms with E-state index in [1.54, 1.807) is 35.2 Å². The van der Waals surface area contributed by atoms with E-state index < -0.39 is 6.04 Å². The van der Waals surface area contributed by atoms with Crippen molar-refractivity contribution in [1.29, 1.82) is 0 Å². The lowest BCUT2D eigenvalue weighted by Crippen LogP contribution is -2.37. The Morgan fingerprint density at radius 2 is 1.80 bits per heavy atom. The second-order valence-corrected chi connectivity index (χ2v) is 7.42. The summed E-state index contributed by atoms with van der Waals surface area (Å²) in [4.78, 5) is 32.7. The summed E-state index contributed by atoms with van der Waals surface area (Å²) in [7, 11) is 0. The Labute approximate surface area is 176 Å². The Hall–Kier alpha value is -3.02. The Balaban J connectivity index is 2.13. The third-order valence-corrected chi connectivity index (χ3v) is 5.38. The van der Waals surface area contributed by atoms with E-state index in [-0.39, 0.29) is 17.3 Å². The maximum atomic E-state index is 13.5. The molecule has 0 saturated heterocycles. The average Bonchev–Trinajstić information content (AvgIpc) is 2.75. The molecule has 30 heavy (non-hydrogen) atoms. The number of fused-ring (bicyclic) bond motifs is 1. The highest BCUT2D eigenvalue weighted by Crippen LogP contribution is 2.24. The van der Waals surface area contributed by atoms with Crippen molar-refractivity contribution in [2.24, 2.45) is 0 Å². The molecule has 1 unspecified atom stereocenters. The minimum absolute atomic E-state index is 0.0477. The summed E-state index contributed by atoms with van der Waals surface area (Å²) < 4.78 is 15.0. The first kappa shape index (κ1) is 21.7. The highest BCUT2D eigenvalue weighted by molar-refractivity contribution is 5.79. The van der Waals surface area contributed by atoms with Crippen LogP contribution in [0.5, 0.6) is 0 Å². The van der Waals surface area contributed by atoms with Crippen molar-refractivity contribution in [3.8, 4) is 5.69 Å². The summed E-state index contributed by atoms with van der Waals surface area (Å²) in [6.45, 7) is 6.43. The van der Waals surface area contributed by atoms with E-state index in [1.165, 1.54) is 16.7 Å². The van der Waals surface area contributed by atoms with Gasteiger partial charge in [0.25, 0.3) is 5.56 Å². The normalized spacial score (nSPS) is 12.1. The Morgan fingerprint density at radius 3 is 2.47 bits per heavy atom. The molecule has 5 nitrogen and oxygen atoms in total. The number of benzene rings is 2. The van der Waals surface area contributed by atoms with E-state index in [9.17, 15) is 14.0 Å². The molecular formula is C24H28FN3O2. The van der Waals surface area contributed by atoms with Gasteiger partial charge in [-0.3, -0.25) is 14.2 Å². The first-order valence-corrected chi connectivity index (χ1v) is 10.5. The number of unbranched alkanes of at least 4 members (excludes halogenated alkanes) is 2. The Morgan fingerprint density at radius 1 is 1.10 bits per heavy atom. The molecule has 0 bridgehead atoms. The van der Waals surface area contributed by atoms with E-state index in [0.717, 1.165) is 19.3 Å². The van der Waals surface area contributed by atoms with Gasteiger partial charge < -0.3 is 4.90 Å². The molecule has 0 N–H and O–H groups in total. The minimum atomic E-state index is -0.411. The monoisotopic (exact) mass is 409 g/mol.